The summed E-state index contributed by atoms with van der Waals surface area (Å²) in [5, 5.41) is 0. The van der Waals surface area contributed by atoms with Gasteiger partial charge in [-0.05, 0) is 36.5 Å². The topological polar surface area (TPSA) is 17.8 Å². The van der Waals surface area contributed by atoms with Crippen LogP contribution in [-0.2, 0) is 25.6 Å². The molecule has 1 unspecified atom stereocenters. The van der Waals surface area contributed by atoms with Gasteiger partial charge in [-0.3, -0.25) is 0 Å². The Kier molecular flexibility index (Phi) is 3.51. The molecule has 0 aliphatic carbocycles. The van der Waals surface area contributed by atoms with Gasteiger partial charge in [0.05, 0.1) is 5.56 Å². The largest absolute Gasteiger partial charge is 0.416 e. The third-order valence-corrected chi connectivity index (χ3v) is 4.05. The summed E-state index contributed by atoms with van der Waals surface area (Å²) in [6.07, 6.45) is 0.392. The van der Waals surface area contributed by atoms with Crippen LogP contribution >= 0.6 is 0 Å². The predicted molar refractivity (Wildman–Crippen MR) is 74.0 cm³/mol. The van der Waals surface area contributed by atoms with E-state index in [1.807, 2.05) is 6.20 Å². The molecule has 1 aromatic heterocycles. The number of hydrogen-bond acceptors (Lipinski definition) is 1. The molecule has 0 N–H and O–H groups in total. The molecule has 5 heteroatoms. The van der Waals surface area contributed by atoms with E-state index in [-0.39, 0.29) is 0 Å². The fraction of sp³-hybridized carbons (Fsp3) is 0.438. The van der Waals surface area contributed by atoms with Crippen molar-refractivity contribution in [3.63, 3.8) is 0 Å². The maximum atomic E-state index is 12.5. The van der Waals surface area contributed by atoms with Crippen LogP contribution in [0.5, 0.6) is 0 Å². The summed E-state index contributed by atoms with van der Waals surface area (Å²) in [7, 11) is 0. The number of nitrogens with zero attached hydrogens (tertiary/aromatic N) is 2. The Morgan fingerprint density at radius 3 is 2.62 bits per heavy atom. The van der Waals surface area contributed by atoms with Crippen molar-refractivity contribution in [2.45, 2.75) is 38.9 Å². The molecule has 0 fully saturated rings. The van der Waals surface area contributed by atoms with Gasteiger partial charge >= 0.3 is 6.18 Å². The number of hydrogen-bond donors (Lipinski definition) is 0. The highest BCUT2D eigenvalue weighted by Crippen LogP contribution is 2.29. The number of alkyl halides is 3. The molecule has 112 valence electrons. The molecular formula is C16H17F3N2. The summed E-state index contributed by atoms with van der Waals surface area (Å²) >= 11 is 0. The van der Waals surface area contributed by atoms with E-state index in [4.69, 9.17) is 0 Å². The van der Waals surface area contributed by atoms with Gasteiger partial charge in [-0.15, -0.1) is 0 Å². The molecule has 2 nitrogen and oxygen atoms in total. The Morgan fingerprint density at radius 1 is 1.24 bits per heavy atom. The lowest BCUT2D eigenvalue weighted by atomic mass is 10.00. The molecule has 0 radical (unpaired) electrons. The minimum absolute atomic E-state index is 0.574. The zero-order valence-corrected chi connectivity index (χ0v) is 11.8. The molecule has 0 amide bonds. The highest BCUT2D eigenvalue weighted by molar-refractivity contribution is 5.27. The van der Waals surface area contributed by atoms with Gasteiger partial charge in [0.1, 0.15) is 5.82 Å². The second-order valence-corrected chi connectivity index (χ2v) is 5.79. The highest BCUT2D eigenvalue weighted by atomic mass is 19.4. The Morgan fingerprint density at radius 2 is 1.95 bits per heavy atom. The molecule has 2 aromatic rings. The third-order valence-electron chi connectivity index (χ3n) is 4.05. The van der Waals surface area contributed by atoms with Crippen molar-refractivity contribution < 1.29 is 13.2 Å². The minimum Gasteiger partial charge on any atom is -0.332 e. The Labute approximate surface area is 121 Å². The van der Waals surface area contributed by atoms with Crippen LogP contribution in [0, 0.1) is 5.92 Å². The number of rotatable bonds is 2. The SMILES string of the molecule is CC1CCc2cnc(Cc3ccc(C(F)(F)F)cc3)n2C1. The van der Waals surface area contributed by atoms with Crippen LogP contribution in [0.3, 0.4) is 0 Å². The number of imidazole rings is 1. The van der Waals surface area contributed by atoms with Crippen LogP contribution in [0.1, 0.15) is 36.0 Å². The van der Waals surface area contributed by atoms with Crippen LogP contribution in [0.25, 0.3) is 0 Å². The van der Waals surface area contributed by atoms with E-state index in [9.17, 15) is 13.2 Å². The lowest BCUT2D eigenvalue weighted by molar-refractivity contribution is -0.137. The molecule has 1 aliphatic rings. The monoisotopic (exact) mass is 294 g/mol. The Hall–Kier alpha value is -1.78. The third kappa shape index (κ3) is 2.96. The first-order valence-electron chi connectivity index (χ1n) is 7.13. The Bertz CT molecular complexity index is 626. The predicted octanol–water partition coefficient (Wildman–Crippen LogP) is 4.08. The molecule has 1 aliphatic heterocycles. The number of aromatic nitrogens is 2. The van der Waals surface area contributed by atoms with Crippen molar-refractivity contribution >= 4 is 0 Å². The summed E-state index contributed by atoms with van der Waals surface area (Å²) in [4.78, 5) is 4.44. The van der Waals surface area contributed by atoms with Gasteiger partial charge in [0, 0.05) is 24.9 Å². The van der Waals surface area contributed by atoms with E-state index in [1.165, 1.54) is 24.2 Å². The van der Waals surface area contributed by atoms with Gasteiger partial charge < -0.3 is 4.57 Å². The summed E-state index contributed by atoms with van der Waals surface area (Å²) in [6.45, 7) is 3.16. The summed E-state index contributed by atoms with van der Waals surface area (Å²) in [6, 6.07) is 5.35. The molecule has 0 saturated heterocycles. The minimum atomic E-state index is -4.28. The first-order valence-corrected chi connectivity index (χ1v) is 7.13. The molecular weight excluding hydrogens is 277 g/mol. The van der Waals surface area contributed by atoms with Gasteiger partial charge in [0.2, 0.25) is 0 Å². The average Bonchev–Trinajstić information content (AvgIpc) is 2.81. The quantitative estimate of drug-likeness (QED) is 0.816. The lowest BCUT2D eigenvalue weighted by Crippen LogP contribution is -2.19. The fourth-order valence-electron chi connectivity index (χ4n) is 2.81. The smallest absolute Gasteiger partial charge is 0.332 e. The molecule has 21 heavy (non-hydrogen) atoms. The second kappa shape index (κ2) is 5.20. The average molecular weight is 294 g/mol. The summed E-state index contributed by atoms with van der Waals surface area (Å²) in [5.74, 6) is 1.56. The normalized spacial score (nSPS) is 18.6. The van der Waals surface area contributed by atoms with Crippen LogP contribution < -0.4 is 0 Å². The van der Waals surface area contributed by atoms with E-state index < -0.39 is 11.7 Å². The van der Waals surface area contributed by atoms with Gasteiger partial charge in [-0.25, -0.2) is 4.98 Å². The number of benzene rings is 1. The molecule has 1 aromatic carbocycles. The number of halogens is 3. The van der Waals surface area contributed by atoms with E-state index in [2.05, 4.69) is 16.5 Å². The molecule has 1 atom stereocenters. The lowest BCUT2D eigenvalue weighted by Gasteiger charge is -2.22. The molecule has 3 rings (SSSR count). The zero-order valence-electron chi connectivity index (χ0n) is 11.8. The van der Waals surface area contributed by atoms with Crippen molar-refractivity contribution in [1.82, 2.24) is 9.55 Å². The van der Waals surface area contributed by atoms with Gasteiger partial charge in [0.15, 0.2) is 0 Å². The first-order chi connectivity index (χ1) is 9.93. The number of fused-ring (bicyclic) bond motifs is 1. The van der Waals surface area contributed by atoms with Crippen LogP contribution in [0.15, 0.2) is 30.5 Å². The fourth-order valence-corrected chi connectivity index (χ4v) is 2.81. The Balaban J connectivity index is 1.80. The van der Waals surface area contributed by atoms with E-state index in [1.54, 1.807) is 0 Å². The summed E-state index contributed by atoms with van der Waals surface area (Å²) in [5.41, 5.74) is 1.48. The zero-order chi connectivity index (χ0) is 15.0. The van der Waals surface area contributed by atoms with Gasteiger partial charge in [-0.2, -0.15) is 13.2 Å². The maximum absolute atomic E-state index is 12.5. The summed E-state index contributed by atoms with van der Waals surface area (Å²) < 4.78 is 39.9. The standard InChI is InChI=1S/C16H17F3N2/c1-11-2-7-14-9-20-15(21(14)10-11)8-12-3-5-13(6-4-12)16(17,18)19/h3-6,9,11H,2,7-8,10H2,1H3. The molecule has 2 heterocycles. The maximum Gasteiger partial charge on any atom is 0.416 e. The second-order valence-electron chi connectivity index (χ2n) is 5.79. The van der Waals surface area contributed by atoms with E-state index >= 15 is 0 Å². The van der Waals surface area contributed by atoms with Crippen molar-refractivity contribution in [2.24, 2.45) is 5.92 Å². The van der Waals surface area contributed by atoms with E-state index in [0.717, 1.165) is 36.5 Å². The van der Waals surface area contributed by atoms with Crippen LogP contribution in [0.4, 0.5) is 13.2 Å². The molecule has 0 bridgehead atoms. The van der Waals surface area contributed by atoms with Gasteiger partial charge in [0.25, 0.3) is 0 Å². The van der Waals surface area contributed by atoms with Crippen LogP contribution in [-0.4, -0.2) is 9.55 Å². The molecule has 0 saturated carbocycles. The molecule has 0 spiro atoms. The van der Waals surface area contributed by atoms with Crippen LogP contribution in [0.2, 0.25) is 0 Å². The van der Waals surface area contributed by atoms with Crippen molar-refractivity contribution in [3.8, 4) is 0 Å². The number of aryl methyl sites for hydroxylation is 1. The van der Waals surface area contributed by atoms with E-state index in [0.29, 0.717) is 12.3 Å². The highest BCUT2D eigenvalue weighted by Gasteiger charge is 2.30. The van der Waals surface area contributed by atoms with Crippen molar-refractivity contribution in [3.05, 3.63) is 53.1 Å². The van der Waals surface area contributed by atoms with Crippen molar-refractivity contribution in [1.29, 1.82) is 0 Å². The van der Waals surface area contributed by atoms with Crippen molar-refractivity contribution in [2.75, 3.05) is 0 Å². The first kappa shape index (κ1) is 14.2. The van der Waals surface area contributed by atoms with Gasteiger partial charge in [-0.1, -0.05) is 19.1 Å².